The van der Waals surface area contributed by atoms with Crippen molar-refractivity contribution < 1.29 is 9.16 Å². The Morgan fingerprint density at radius 1 is 2.00 bits per heavy atom. The summed E-state index contributed by atoms with van der Waals surface area (Å²) >= 11 is 0. The van der Waals surface area contributed by atoms with Crippen molar-refractivity contribution in [2.45, 2.75) is 6.10 Å². The molecule has 1 aliphatic rings. The van der Waals surface area contributed by atoms with E-state index in [-0.39, 0.29) is 0 Å². The molecule has 0 aromatic carbocycles. The molecule has 6 heavy (non-hydrogen) atoms. The molecule has 0 amide bonds. The van der Waals surface area contributed by atoms with E-state index < -0.39 is 0 Å². The van der Waals surface area contributed by atoms with Crippen LogP contribution in [0.2, 0.25) is 0 Å². The smallest absolute Gasteiger partial charge is 0.175 e. The summed E-state index contributed by atoms with van der Waals surface area (Å²) in [6, 6.07) is 0. The molecule has 0 bridgehead atoms. The van der Waals surface area contributed by atoms with Crippen LogP contribution >= 0.6 is 0 Å². The standard InChI is InChI=1S/C3H7O2Si/c6-5-2-3-1-4-3/h3H,1-2,6H2. The van der Waals surface area contributed by atoms with Gasteiger partial charge in [-0.15, -0.1) is 0 Å². The summed E-state index contributed by atoms with van der Waals surface area (Å²) in [5, 5.41) is 0. The highest BCUT2D eigenvalue weighted by atomic mass is 28.2. The molecular formula is C3H7O2Si. The van der Waals surface area contributed by atoms with Gasteiger partial charge < -0.3 is 9.16 Å². The molecular weight excluding hydrogens is 96.1 g/mol. The maximum atomic E-state index is 4.83. The van der Waals surface area contributed by atoms with Gasteiger partial charge >= 0.3 is 0 Å². The highest BCUT2D eigenvalue weighted by Crippen LogP contribution is 2.06. The average Bonchev–Trinajstić information content (AvgIpc) is 2.21. The zero-order valence-electron chi connectivity index (χ0n) is 3.52. The van der Waals surface area contributed by atoms with E-state index in [0.29, 0.717) is 6.10 Å². The second kappa shape index (κ2) is 1.73. The predicted octanol–water partition coefficient (Wildman–Crippen LogP) is -1.05. The van der Waals surface area contributed by atoms with Crippen molar-refractivity contribution in [3.8, 4) is 0 Å². The second-order valence-electron chi connectivity index (χ2n) is 1.33. The molecule has 0 aromatic heterocycles. The zero-order chi connectivity index (χ0) is 4.41. The largest absolute Gasteiger partial charge is 0.422 e. The molecule has 1 atom stereocenters. The summed E-state index contributed by atoms with van der Waals surface area (Å²) in [4.78, 5) is 0. The molecule has 0 aliphatic carbocycles. The van der Waals surface area contributed by atoms with Gasteiger partial charge in [-0.1, -0.05) is 0 Å². The molecule has 1 fully saturated rings. The zero-order valence-corrected chi connectivity index (χ0v) is 4.93. The molecule has 1 aliphatic heterocycles. The van der Waals surface area contributed by atoms with Crippen LogP contribution in [0.1, 0.15) is 0 Å². The lowest BCUT2D eigenvalue weighted by molar-refractivity contribution is 0.281. The van der Waals surface area contributed by atoms with Gasteiger partial charge in [0.15, 0.2) is 10.5 Å². The summed E-state index contributed by atoms with van der Waals surface area (Å²) in [7, 11) is 1.52. The molecule has 1 rings (SSSR count). The molecule has 1 heterocycles. The van der Waals surface area contributed by atoms with Gasteiger partial charge in [-0.05, 0) is 0 Å². The quantitative estimate of drug-likeness (QED) is 0.328. The Morgan fingerprint density at radius 2 is 2.67 bits per heavy atom. The van der Waals surface area contributed by atoms with Gasteiger partial charge in [0.2, 0.25) is 0 Å². The Bertz CT molecular complexity index is 44.1. The average molecular weight is 103 g/mol. The summed E-state index contributed by atoms with van der Waals surface area (Å²) in [5.74, 6) is 0. The number of hydrogen-bond donors (Lipinski definition) is 0. The SMILES string of the molecule is [SiH2]OCC1CO1. The monoisotopic (exact) mass is 103 g/mol. The second-order valence-corrected chi connectivity index (χ2v) is 1.73. The lowest BCUT2D eigenvalue weighted by Gasteiger charge is -1.85. The Morgan fingerprint density at radius 3 is 2.83 bits per heavy atom. The van der Waals surface area contributed by atoms with Crippen LogP contribution < -0.4 is 0 Å². The molecule has 0 aromatic rings. The van der Waals surface area contributed by atoms with Gasteiger partial charge in [-0.3, -0.25) is 0 Å². The van der Waals surface area contributed by atoms with Crippen molar-refractivity contribution in [2.24, 2.45) is 0 Å². The van der Waals surface area contributed by atoms with Crippen LogP contribution in [0, 0.1) is 0 Å². The van der Waals surface area contributed by atoms with Crippen LogP contribution in [0.4, 0.5) is 0 Å². The van der Waals surface area contributed by atoms with Crippen LogP contribution in [0.25, 0.3) is 0 Å². The van der Waals surface area contributed by atoms with Crippen LogP contribution in [0.5, 0.6) is 0 Å². The first-order chi connectivity index (χ1) is 2.93. The third-order valence-electron chi connectivity index (χ3n) is 0.706. The van der Waals surface area contributed by atoms with Crippen LogP contribution in [0.15, 0.2) is 0 Å². The molecule has 1 unspecified atom stereocenters. The summed E-state index contributed by atoms with van der Waals surface area (Å²) in [6.45, 7) is 1.68. The summed E-state index contributed by atoms with van der Waals surface area (Å²) in [6.07, 6.45) is 0.433. The van der Waals surface area contributed by atoms with E-state index in [2.05, 4.69) is 0 Å². The van der Waals surface area contributed by atoms with Crippen molar-refractivity contribution in [3.05, 3.63) is 0 Å². The third-order valence-corrected chi connectivity index (χ3v) is 0.942. The van der Waals surface area contributed by atoms with Crippen molar-refractivity contribution >= 4 is 10.5 Å². The number of rotatable bonds is 2. The first kappa shape index (κ1) is 4.30. The summed E-state index contributed by atoms with van der Waals surface area (Å²) < 4.78 is 9.60. The van der Waals surface area contributed by atoms with E-state index in [4.69, 9.17) is 9.16 Å². The van der Waals surface area contributed by atoms with Crippen LogP contribution in [-0.4, -0.2) is 29.8 Å². The number of ether oxygens (including phenoxy) is 1. The van der Waals surface area contributed by atoms with Gasteiger partial charge in [-0.2, -0.15) is 0 Å². The van der Waals surface area contributed by atoms with Gasteiger partial charge in [0, 0.05) is 0 Å². The van der Waals surface area contributed by atoms with Crippen molar-refractivity contribution in [3.63, 3.8) is 0 Å². The minimum absolute atomic E-state index is 0.433. The van der Waals surface area contributed by atoms with Crippen molar-refractivity contribution in [1.82, 2.24) is 0 Å². The molecule has 0 N–H and O–H groups in total. The van der Waals surface area contributed by atoms with Gasteiger partial charge in [0.05, 0.1) is 13.2 Å². The van der Waals surface area contributed by atoms with E-state index in [1.54, 1.807) is 0 Å². The van der Waals surface area contributed by atoms with E-state index >= 15 is 0 Å². The molecule has 3 heteroatoms. The molecule has 0 spiro atoms. The maximum absolute atomic E-state index is 4.83. The van der Waals surface area contributed by atoms with Gasteiger partial charge in [-0.25, -0.2) is 0 Å². The lowest BCUT2D eigenvalue weighted by Crippen LogP contribution is -1.96. The first-order valence-electron chi connectivity index (χ1n) is 1.92. The maximum Gasteiger partial charge on any atom is 0.175 e. The highest BCUT2D eigenvalue weighted by Gasteiger charge is 2.20. The number of epoxide rings is 1. The Kier molecular flexibility index (Phi) is 1.24. The lowest BCUT2D eigenvalue weighted by atomic mass is 10.5. The molecule has 35 valence electrons. The highest BCUT2D eigenvalue weighted by molar-refractivity contribution is 5.97. The molecule has 2 nitrogen and oxygen atoms in total. The normalized spacial score (nSPS) is 30.5. The summed E-state index contributed by atoms with van der Waals surface area (Å²) in [5.41, 5.74) is 0. The molecule has 0 saturated carbocycles. The minimum Gasteiger partial charge on any atom is -0.422 e. The topological polar surface area (TPSA) is 21.8 Å². The van der Waals surface area contributed by atoms with E-state index in [1.165, 1.54) is 10.5 Å². The minimum atomic E-state index is 0.433. The van der Waals surface area contributed by atoms with Gasteiger partial charge in [0.1, 0.15) is 6.10 Å². The Balaban J connectivity index is 1.88. The van der Waals surface area contributed by atoms with E-state index in [0.717, 1.165) is 13.2 Å². The Labute approximate surface area is 40.0 Å². The predicted molar refractivity (Wildman–Crippen MR) is 24.2 cm³/mol. The fourth-order valence-electron chi connectivity index (χ4n) is 0.296. The van der Waals surface area contributed by atoms with E-state index in [1.807, 2.05) is 0 Å². The van der Waals surface area contributed by atoms with Gasteiger partial charge in [0.25, 0.3) is 0 Å². The third kappa shape index (κ3) is 1.08. The molecule has 1 saturated heterocycles. The van der Waals surface area contributed by atoms with Crippen molar-refractivity contribution in [1.29, 1.82) is 0 Å². The van der Waals surface area contributed by atoms with E-state index in [9.17, 15) is 0 Å². The van der Waals surface area contributed by atoms with Crippen LogP contribution in [0.3, 0.4) is 0 Å². The van der Waals surface area contributed by atoms with Crippen molar-refractivity contribution in [2.75, 3.05) is 13.2 Å². The fraction of sp³-hybridized carbons (Fsp3) is 1.00. The first-order valence-corrected chi connectivity index (χ1v) is 2.50. The van der Waals surface area contributed by atoms with Crippen LogP contribution in [-0.2, 0) is 9.16 Å². The molecule has 1 radical (unpaired) electrons. The Hall–Kier alpha value is 0.137. The number of hydrogen-bond acceptors (Lipinski definition) is 2. The fourth-order valence-corrected chi connectivity index (χ4v) is 0.559.